The molecule has 0 saturated heterocycles. The number of Topliss-reactive ketones (excluding diaryl/α,β-unsaturated/α-hetero) is 2. The van der Waals surface area contributed by atoms with Crippen LogP contribution in [0.25, 0.3) is 10.8 Å². The molecule has 0 radical (unpaired) electrons. The summed E-state index contributed by atoms with van der Waals surface area (Å²) >= 11 is 6.14. The molecule has 24 heavy (non-hydrogen) atoms. The van der Waals surface area contributed by atoms with Crippen LogP contribution in [0.1, 0.15) is 20.7 Å². The van der Waals surface area contributed by atoms with Gasteiger partial charge in [-0.2, -0.15) is 0 Å². The van der Waals surface area contributed by atoms with E-state index in [1.807, 2.05) is 36.4 Å². The maximum atomic E-state index is 12.7. The van der Waals surface area contributed by atoms with Crippen molar-refractivity contribution in [3.63, 3.8) is 0 Å². The predicted molar refractivity (Wildman–Crippen MR) is 92.6 cm³/mol. The Bertz CT molecular complexity index is 1030. The molecule has 3 aromatic carbocycles. The quantitative estimate of drug-likeness (QED) is 0.679. The van der Waals surface area contributed by atoms with E-state index in [2.05, 4.69) is 0 Å². The minimum atomic E-state index is -0.401. The second kappa shape index (κ2) is 5.62. The van der Waals surface area contributed by atoms with Crippen molar-refractivity contribution in [1.82, 2.24) is 0 Å². The first kappa shape index (κ1) is 14.7. The SMILES string of the molecule is O=C1C(Cl)=C(Oc2cccc3ccccc23)C(=O)c2ccccc21. The van der Waals surface area contributed by atoms with E-state index in [0.717, 1.165) is 10.8 Å². The van der Waals surface area contributed by atoms with Crippen molar-refractivity contribution < 1.29 is 14.3 Å². The molecule has 4 rings (SSSR count). The molecule has 4 heteroatoms. The van der Waals surface area contributed by atoms with Crippen LogP contribution >= 0.6 is 11.6 Å². The zero-order chi connectivity index (χ0) is 16.7. The first-order valence-electron chi connectivity index (χ1n) is 7.40. The number of rotatable bonds is 2. The van der Waals surface area contributed by atoms with Crippen molar-refractivity contribution in [3.8, 4) is 5.75 Å². The van der Waals surface area contributed by atoms with Gasteiger partial charge < -0.3 is 4.74 Å². The third-order valence-corrected chi connectivity index (χ3v) is 4.33. The lowest BCUT2D eigenvalue weighted by molar-refractivity contribution is 0.0943. The fraction of sp³-hybridized carbons (Fsp3) is 0. The summed E-state index contributed by atoms with van der Waals surface area (Å²) in [7, 11) is 0. The Balaban J connectivity index is 1.83. The van der Waals surface area contributed by atoms with Crippen LogP contribution in [0.2, 0.25) is 0 Å². The fourth-order valence-corrected chi connectivity index (χ4v) is 3.03. The van der Waals surface area contributed by atoms with Crippen LogP contribution in [-0.2, 0) is 0 Å². The number of ether oxygens (including phenoxy) is 1. The maximum Gasteiger partial charge on any atom is 0.230 e. The first-order valence-corrected chi connectivity index (χ1v) is 7.78. The van der Waals surface area contributed by atoms with Gasteiger partial charge in [0.1, 0.15) is 10.8 Å². The Hall–Kier alpha value is -2.91. The van der Waals surface area contributed by atoms with E-state index >= 15 is 0 Å². The van der Waals surface area contributed by atoms with E-state index in [1.165, 1.54) is 0 Å². The van der Waals surface area contributed by atoms with Crippen molar-refractivity contribution >= 4 is 33.9 Å². The molecule has 3 aromatic rings. The normalized spacial score (nSPS) is 14.0. The molecule has 0 unspecified atom stereocenters. The van der Waals surface area contributed by atoms with Crippen molar-refractivity contribution in [3.05, 3.63) is 88.6 Å². The zero-order valence-corrected chi connectivity index (χ0v) is 13.2. The smallest absolute Gasteiger partial charge is 0.230 e. The summed E-state index contributed by atoms with van der Waals surface area (Å²) in [4.78, 5) is 25.1. The molecule has 0 bridgehead atoms. The molecule has 0 saturated carbocycles. The summed E-state index contributed by atoms with van der Waals surface area (Å²) in [6.45, 7) is 0. The minimum Gasteiger partial charge on any atom is -0.451 e. The topological polar surface area (TPSA) is 43.4 Å². The first-order chi connectivity index (χ1) is 11.7. The van der Waals surface area contributed by atoms with E-state index in [1.54, 1.807) is 30.3 Å². The maximum absolute atomic E-state index is 12.7. The molecule has 3 nitrogen and oxygen atoms in total. The molecule has 0 spiro atoms. The Labute approximate surface area is 143 Å². The lowest BCUT2D eigenvalue weighted by Gasteiger charge is -2.18. The van der Waals surface area contributed by atoms with Gasteiger partial charge in [0.05, 0.1) is 0 Å². The van der Waals surface area contributed by atoms with Gasteiger partial charge >= 0.3 is 0 Å². The van der Waals surface area contributed by atoms with Gasteiger partial charge in [-0.1, -0.05) is 72.3 Å². The highest BCUT2D eigenvalue weighted by Crippen LogP contribution is 2.33. The van der Waals surface area contributed by atoms with Crippen molar-refractivity contribution in [2.45, 2.75) is 0 Å². The van der Waals surface area contributed by atoms with Crippen molar-refractivity contribution in [2.75, 3.05) is 0 Å². The van der Waals surface area contributed by atoms with Gasteiger partial charge in [0.15, 0.2) is 5.76 Å². The molecule has 0 aliphatic heterocycles. The average molecular weight is 335 g/mol. The third-order valence-electron chi connectivity index (χ3n) is 3.98. The molecule has 0 atom stereocenters. The van der Waals surface area contributed by atoms with Gasteiger partial charge in [-0.25, -0.2) is 0 Å². The van der Waals surface area contributed by atoms with E-state index < -0.39 is 5.78 Å². The van der Waals surface area contributed by atoms with Crippen LogP contribution in [0.4, 0.5) is 0 Å². The Morgan fingerprint density at radius 2 is 1.33 bits per heavy atom. The number of hydrogen-bond acceptors (Lipinski definition) is 3. The second-order valence-electron chi connectivity index (χ2n) is 5.43. The lowest BCUT2D eigenvalue weighted by Crippen LogP contribution is -2.23. The summed E-state index contributed by atoms with van der Waals surface area (Å²) in [6, 6.07) is 19.8. The average Bonchev–Trinajstić information content (AvgIpc) is 2.63. The van der Waals surface area contributed by atoms with Gasteiger partial charge in [-0.15, -0.1) is 0 Å². The van der Waals surface area contributed by atoms with E-state index in [4.69, 9.17) is 16.3 Å². The Morgan fingerprint density at radius 3 is 2.12 bits per heavy atom. The molecular weight excluding hydrogens is 324 g/mol. The number of fused-ring (bicyclic) bond motifs is 2. The van der Waals surface area contributed by atoms with Gasteiger partial charge in [0.2, 0.25) is 11.6 Å². The lowest BCUT2D eigenvalue weighted by atomic mass is 9.93. The number of ketones is 2. The number of carbonyl (C=O) groups excluding carboxylic acids is 2. The van der Waals surface area contributed by atoms with Crippen molar-refractivity contribution in [2.24, 2.45) is 0 Å². The van der Waals surface area contributed by atoms with Crippen LogP contribution in [0.3, 0.4) is 0 Å². The molecule has 0 fully saturated rings. The summed E-state index contributed by atoms with van der Waals surface area (Å²) < 4.78 is 5.80. The molecule has 0 aromatic heterocycles. The summed E-state index contributed by atoms with van der Waals surface area (Å²) in [6.07, 6.45) is 0. The summed E-state index contributed by atoms with van der Waals surface area (Å²) in [5.41, 5.74) is 0.611. The van der Waals surface area contributed by atoms with Gasteiger partial charge in [0.25, 0.3) is 0 Å². The van der Waals surface area contributed by atoms with Crippen LogP contribution in [0.15, 0.2) is 77.5 Å². The highest BCUT2D eigenvalue weighted by atomic mass is 35.5. The molecule has 0 heterocycles. The van der Waals surface area contributed by atoms with Gasteiger partial charge in [-0.3, -0.25) is 9.59 Å². The summed E-state index contributed by atoms with van der Waals surface area (Å²) in [5.74, 6) is -0.427. The Morgan fingerprint density at radius 1 is 0.708 bits per heavy atom. The van der Waals surface area contributed by atoms with Gasteiger partial charge in [-0.05, 0) is 11.5 Å². The van der Waals surface area contributed by atoms with Crippen LogP contribution < -0.4 is 4.74 Å². The largest absolute Gasteiger partial charge is 0.451 e. The molecule has 0 amide bonds. The van der Waals surface area contributed by atoms with Crippen LogP contribution in [0, 0.1) is 0 Å². The fourth-order valence-electron chi connectivity index (χ4n) is 2.81. The number of benzene rings is 3. The molecular formula is C20H11ClO3. The minimum absolute atomic E-state index is 0.128. The van der Waals surface area contributed by atoms with E-state index in [0.29, 0.717) is 16.9 Å². The summed E-state index contributed by atoms with van der Waals surface area (Å²) in [5, 5.41) is 1.63. The standard InChI is InChI=1S/C20H11ClO3/c21-17-18(22)14-9-3-4-10-15(14)19(23)20(17)24-16-11-5-7-12-6-1-2-8-13(12)16/h1-11H. The van der Waals surface area contributed by atoms with Crippen molar-refractivity contribution in [1.29, 1.82) is 0 Å². The van der Waals surface area contributed by atoms with Gasteiger partial charge in [0, 0.05) is 16.5 Å². The van der Waals surface area contributed by atoms with E-state index in [9.17, 15) is 9.59 Å². The zero-order valence-electron chi connectivity index (χ0n) is 12.5. The highest BCUT2D eigenvalue weighted by Gasteiger charge is 2.33. The second-order valence-corrected chi connectivity index (χ2v) is 5.80. The van der Waals surface area contributed by atoms with Crippen LogP contribution in [0.5, 0.6) is 5.75 Å². The number of hydrogen-bond donors (Lipinski definition) is 0. The number of carbonyl (C=O) groups is 2. The molecule has 1 aliphatic carbocycles. The van der Waals surface area contributed by atoms with Crippen LogP contribution in [-0.4, -0.2) is 11.6 Å². The monoisotopic (exact) mass is 334 g/mol. The highest BCUT2D eigenvalue weighted by molar-refractivity contribution is 6.49. The molecule has 116 valence electrons. The molecule has 1 aliphatic rings. The number of allylic oxidation sites excluding steroid dienone is 2. The number of halogens is 1. The predicted octanol–water partition coefficient (Wildman–Crippen LogP) is 4.75. The third kappa shape index (κ3) is 2.22. The molecule has 0 N–H and O–H groups in total. The van der Waals surface area contributed by atoms with E-state index in [-0.39, 0.29) is 16.6 Å². The Kier molecular flexibility index (Phi) is 3.44.